The summed E-state index contributed by atoms with van der Waals surface area (Å²) in [6, 6.07) is 0. The number of halogens is 1. The maximum absolute atomic E-state index is 3.42. The van der Waals surface area contributed by atoms with Crippen molar-refractivity contribution in [3.8, 4) is 0 Å². The second-order valence-corrected chi connectivity index (χ2v) is 4.18. The Bertz CT molecular complexity index is 194. The molecule has 0 aromatic carbocycles. The average Bonchev–Trinajstić information content (AvgIpc) is 2.04. The molecule has 2 heteroatoms. The van der Waals surface area contributed by atoms with Crippen LogP contribution in [-0.4, -0.2) is 10.6 Å². The second-order valence-electron chi connectivity index (χ2n) is 2.68. The zero-order valence-electron chi connectivity index (χ0n) is 7.02. The molecule has 0 aliphatic carbocycles. The van der Waals surface area contributed by atoms with Crippen molar-refractivity contribution in [2.75, 3.05) is 6.54 Å². The summed E-state index contributed by atoms with van der Waals surface area (Å²) < 4.78 is 0.613. The molecule has 1 fully saturated rings. The molecule has 1 rings (SSSR count). The van der Waals surface area contributed by atoms with Crippen LogP contribution in [0.15, 0.2) is 23.3 Å². The van der Waals surface area contributed by atoms with E-state index >= 15 is 0 Å². The summed E-state index contributed by atoms with van der Waals surface area (Å²) in [6.07, 6.45) is 5.59. The molecule has 11 heavy (non-hydrogen) atoms. The fourth-order valence-corrected chi connectivity index (χ4v) is 2.02. The molecule has 0 saturated carbocycles. The van der Waals surface area contributed by atoms with Crippen molar-refractivity contribution in [3.05, 3.63) is 23.3 Å². The smallest absolute Gasteiger partial charge is 0.0637 e. The molecule has 1 heterocycles. The Kier molecular flexibility index (Phi) is 3.59. The number of hydrogen-bond acceptors (Lipinski definition) is 1. The lowest BCUT2D eigenvalue weighted by Crippen LogP contribution is -2.31. The van der Waals surface area contributed by atoms with Gasteiger partial charge < -0.3 is 5.32 Å². The molecule has 1 aliphatic heterocycles. The summed E-state index contributed by atoms with van der Waals surface area (Å²) in [5.41, 5.74) is 2.96. The van der Waals surface area contributed by atoms with Gasteiger partial charge in [-0.25, -0.2) is 0 Å². The summed E-state index contributed by atoms with van der Waals surface area (Å²) in [7, 11) is 0. The van der Waals surface area contributed by atoms with Crippen LogP contribution < -0.4 is 5.32 Å². The molecule has 0 amide bonds. The van der Waals surface area contributed by atoms with Crippen molar-refractivity contribution >= 4 is 22.6 Å². The Balaban J connectivity index is 2.72. The Hall–Kier alpha value is 0.170. The first-order valence-electron chi connectivity index (χ1n) is 3.96. The van der Waals surface area contributed by atoms with E-state index in [1.165, 1.54) is 11.1 Å². The molecule has 1 atom stereocenters. The van der Waals surface area contributed by atoms with Crippen molar-refractivity contribution in [1.82, 2.24) is 5.32 Å². The summed E-state index contributed by atoms with van der Waals surface area (Å²) in [4.78, 5) is 0. The Morgan fingerprint density at radius 1 is 1.36 bits per heavy atom. The molecule has 62 valence electrons. The van der Waals surface area contributed by atoms with E-state index in [9.17, 15) is 0 Å². The zero-order valence-corrected chi connectivity index (χ0v) is 9.18. The maximum atomic E-state index is 3.42. The van der Waals surface area contributed by atoms with Gasteiger partial charge in [0.2, 0.25) is 0 Å². The topological polar surface area (TPSA) is 12.0 Å². The first-order chi connectivity index (χ1) is 5.27. The van der Waals surface area contributed by atoms with E-state index in [-0.39, 0.29) is 0 Å². The molecule has 1 nitrogen and oxygen atoms in total. The van der Waals surface area contributed by atoms with E-state index in [4.69, 9.17) is 0 Å². The van der Waals surface area contributed by atoms with Crippen molar-refractivity contribution in [2.24, 2.45) is 0 Å². The number of piperidine rings is 1. The quantitative estimate of drug-likeness (QED) is 0.402. The van der Waals surface area contributed by atoms with E-state index in [2.05, 4.69) is 53.9 Å². The van der Waals surface area contributed by atoms with Crippen LogP contribution in [0, 0.1) is 0 Å². The minimum absolute atomic E-state index is 0.613. The third kappa shape index (κ3) is 2.30. The van der Waals surface area contributed by atoms with Gasteiger partial charge in [-0.2, -0.15) is 0 Å². The fraction of sp³-hybridized carbons (Fsp3) is 0.556. The standard InChI is InChI=1S/C9H14IN/c1-3-7-5-9(10)11-6-8(7)4-2/h3-4,9,11H,5-6H2,1-2H3/b7-3-,8-4-. The molecule has 0 aromatic heterocycles. The summed E-state index contributed by atoms with van der Waals surface area (Å²) in [5, 5.41) is 3.42. The van der Waals surface area contributed by atoms with Crippen LogP contribution in [0.2, 0.25) is 0 Å². The number of nitrogens with one attached hydrogen (secondary N) is 1. The van der Waals surface area contributed by atoms with E-state index in [0.717, 1.165) is 13.0 Å². The van der Waals surface area contributed by atoms with Crippen LogP contribution >= 0.6 is 22.6 Å². The maximum Gasteiger partial charge on any atom is 0.0637 e. The van der Waals surface area contributed by atoms with Gasteiger partial charge in [-0.3, -0.25) is 0 Å². The van der Waals surface area contributed by atoms with Gasteiger partial charge >= 0.3 is 0 Å². The lowest BCUT2D eigenvalue weighted by atomic mass is 9.99. The molecule has 0 aromatic rings. The lowest BCUT2D eigenvalue weighted by Gasteiger charge is -2.23. The minimum atomic E-state index is 0.613. The van der Waals surface area contributed by atoms with Gasteiger partial charge in [-0.15, -0.1) is 0 Å². The summed E-state index contributed by atoms with van der Waals surface area (Å²) >= 11 is 2.44. The van der Waals surface area contributed by atoms with Crippen LogP contribution in [0.25, 0.3) is 0 Å². The second kappa shape index (κ2) is 4.26. The Labute approximate surface area is 82.1 Å². The van der Waals surface area contributed by atoms with E-state index < -0.39 is 0 Å². The van der Waals surface area contributed by atoms with Crippen LogP contribution in [0.1, 0.15) is 20.3 Å². The van der Waals surface area contributed by atoms with Gasteiger partial charge in [0.05, 0.1) is 4.05 Å². The molecule has 1 unspecified atom stereocenters. The Morgan fingerprint density at radius 2 is 2.00 bits per heavy atom. The number of hydrogen-bond donors (Lipinski definition) is 1. The third-order valence-corrected chi connectivity index (χ3v) is 2.90. The van der Waals surface area contributed by atoms with Gasteiger partial charge in [-0.1, -0.05) is 34.7 Å². The van der Waals surface area contributed by atoms with Crippen LogP contribution in [0.3, 0.4) is 0 Å². The van der Waals surface area contributed by atoms with Gasteiger partial charge in [-0.05, 0) is 31.4 Å². The molecule has 0 bridgehead atoms. The highest BCUT2D eigenvalue weighted by Crippen LogP contribution is 2.23. The van der Waals surface area contributed by atoms with Crippen molar-refractivity contribution in [3.63, 3.8) is 0 Å². The number of alkyl halides is 1. The first-order valence-corrected chi connectivity index (χ1v) is 5.20. The molecule has 1 N–H and O–H groups in total. The van der Waals surface area contributed by atoms with Crippen molar-refractivity contribution in [1.29, 1.82) is 0 Å². The average molecular weight is 263 g/mol. The molecule has 1 aliphatic rings. The zero-order chi connectivity index (χ0) is 8.27. The van der Waals surface area contributed by atoms with E-state index in [1.807, 2.05) is 0 Å². The van der Waals surface area contributed by atoms with Crippen LogP contribution in [-0.2, 0) is 0 Å². The predicted molar refractivity (Wildman–Crippen MR) is 57.9 cm³/mol. The largest absolute Gasteiger partial charge is 0.301 e. The van der Waals surface area contributed by atoms with Crippen LogP contribution in [0.4, 0.5) is 0 Å². The summed E-state index contributed by atoms with van der Waals surface area (Å²) in [5.74, 6) is 0. The summed E-state index contributed by atoms with van der Waals surface area (Å²) in [6.45, 7) is 5.26. The fourth-order valence-electron chi connectivity index (χ4n) is 1.32. The molecule has 0 spiro atoms. The minimum Gasteiger partial charge on any atom is -0.301 e. The highest BCUT2D eigenvalue weighted by molar-refractivity contribution is 14.1. The number of allylic oxidation sites excluding steroid dienone is 2. The highest BCUT2D eigenvalue weighted by Gasteiger charge is 2.15. The molecule has 0 radical (unpaired) electrons. The molecular formula is C9H14IN. The SMILES string of the molecule is C/C=C1/CC(I)NC/C1=C/C. The van der Waals surface area contributed by atoms with Gasteiger partial charge in [0.15, 0.2) is 0 Å². The highest BCUT2D eigenvalue weighted by atomic mass is 127. The van der Waals surface area contributed by atoms with Crippen molar-refractivity contribution < 1.29 is 0 Å². The Morgan fingerprint density at radius 3 is 2.55 bits per heavy atom. The van der Waals surface area contributed by atoms with E-state index in [1.54, 1.807) is 0 Å². The first kappa shape index (κ1) is 9.26. The van der Waals surface area contributed by atoms with Gasteiger partial charge in [0.1, 0.15) is 0 Å². The lowest BCUT2D eigenvalue weighted by molar-refractivity contribution is 0.659. The van der Waals surface area contributed by atoms with Crippen molar-refractivity contribution in [2.45, 2.75) is 24.3 Å². The number of rotatable bonds is 0. The molecule has 1 saturated heterocycles. The molecular weight excluding hydrogens is 249 g/mol. The normalized spacial score (nSPS) is 33.2. The predicted octanol–water partition coefficient (Wildman–Crippen LogP) is 2.63. The van der Waals surface area contributed by atoms with Gasteiger partial charge in [0.25, 0.3) is 0 Å². The third-order valence-electron chi connectivity index (χ3n) is 2.02. The monoisotopic (exact) mass is 263 g/mol. The van der Waals surface area contributed by atoms with Gasteiger partial charge in [0, 0.05) is 6.54 Å². The van der Waals surface area contributed by atoms with Crippen LogP contribution in [0.5, 0.6) is 0 Å². The van der Waals surface area contributed by atoms with E-state index in [0.29, 0.717) is 4.05 Å².